The molecule has 3 aromatic rings. The number of hydrogen-bond donors (Lipinski definition) is 3. The van der Waals surface area contributed by atoms with E-state index in [4.69, 9.17) is 4.42 Å². The van der Waals surface area contributed by atoms with E-state index in [0.717, 1.165) is 45.2 Å². The number of halogens is 1. The Balaban J connectivity index is 1.24. The van der Waals surface area contributed by atoms with E-state index in [-0.39, 0.29) is 34.9 Å². The van der Waals surface area contributed by atoms with Crippen molar-refractivity contribution in [2.75, 3.05) is 41.3 Å². The Bertz CT molecular complexity index is 1530. The number of piperazine rings is 1. The smallest absolute Gasteiger partial charge is 0.277 e. The molecule has 0 unspecified atom stereocenters. The van der Waals surface area contributed by atoms with E-state index >= 15 is 4.39 Å². The lowest BCUT2D eigenvalue weighted by molar-refractivity contribution is 0.0912. The minimum atomic E-state index is -0.664. The summed E-state index contributed by atoms with van der Waals surface area (Å²) in [4.78, 5) is 35.3. The van der Waals surface area contributed by atoms with Gasteiger partial charge in [-0.3, -0.25) is 9.59 Å². The van der Waals surface area contributed by atoms with Gasteiger partial charge in [-0.25, -0.2) is 9.37 Å². The Morgan fingerprint density at radius 3 is 2.44 bits per heavy atom. The van der Waals surface area contributed by atoms with Gasteiger partial charge in [-0.1, -0.05) is 31.2 Å². The van der Waals surface area contributed by atoms with E-state index in [1.165, 1.54) is 29.6 Å². The monoisotopic (exact) mass is 587 g/mol. The third-order valence-electron chi connectivity index (χ3n) is 8.82. The van der Waals surface area contributed by atoms with Crippen molar-refractivity contribution in [1.29, 1.82) is 0 Å². The number of allylic oxidation sites excluding steroid dienone is 1. The fourth-order valence-corrected chi connectivity index (χ4v) is 6.19. The number of aliphatic hydroxyl groups excluding tert-OH is 1. The van der Waals surface area contributed by atoms with Crippen LogP contribution in [0.15, 0.2) is 59.4 Å². The van der Waals surface area contributed by atoms with Crippen molar-refractivity contribution in [2.45, 2.75) is 57.4 Å². The molecule has 1 aliphatic heterocycles. The molecule has 226 valence electrons. The maximum Gasteiger partial charge on any atom is 0.277 e. The first-order valence-corrected chi connectivity index (χ1v) is 15.1. The van der Waals surface area contributed by atoms with Gasteiger partial charge in [0.15, 0.2) is 11.6 Å². The number of rotatable bonds is 8. The highest BCUT2D eigenvalue weighted by molar-refractivity contribution is 6.06. The predicted octanol–water partition coefficient (Wildman–Crippen LogP) is 5.94. The number of aliphatic hydroxyl groups is 1. The molecule has 0 spiro atoms. The first-order valence-electron chi connectivity index (χ1n) is 15.1. The second-order valence-electron chi connectivity index (χ2n) is 11.9. The summed E-state index contributed by atoms with van der Waals surface area (Å²) in [6.07, 6.45) is 6.24. The molecule has 2 amide bonds. The number of hydrogen-bond acceptors (Lipinski definition) is 7. The fourth-order valence-electron chi connectivity index (χ4n) is 6.19. The van der Waals surface area contributed by atoms with Crippen LogP contribution < -0.4 is 20.4 Å². The standard InChI is InChI=1S/C33H38FN5O4/c1-20-6-3-4-9-29(20)38-12-14-39(15-13-38)30-18-26(34)25(31(41)35-24-8-5-7-23(16-24)21(2)40)17-27(30)36-32(42)28-19-43-33(37-28)22-10-11-22/h3-4,6,9,17-19,22-24,40H,2,5,7-8,10-16H2,1H3,(H,35,41)(H,36,42)/t23-,24+/m0/s1. The van der Waals surface area contributed by atoms with Gasteiger partial charge in [0.2, 0.25) is 0 Å². The lowest BCUT2D eigenvalue weighted by Gasteiger charge is -2.38. The van der Waals surface area contributed by atoms with Crippen molar-refractivity contribution in [2.24, 2.45) is 5.92 Å². The molecule has 3 N–H and O–H groups in total. The first kappa shape index (κ1) is 28.8. The van der Waals surface area contributed by atoms with Crippen LogP contribution >= 0.6 is 0 Å². The molecule has 6 rings (SSSR count). The highest BCUT2D eigenvalue weighted by Gasteiger charge is 2.31. The van der Waals surface area contributed by atoms with Crippen LogP contribution in [0.3, 0.4) is 0 Å². The topological polar surface area (TPSA) is 111 Å². The third-order valence-corrected chi connectivity index (χ3v) is 8.82. The summed E-state index contributed by atoms with van der Waals surface area (Å²) in [5.74, 6) is -0.885. The maximum atomic E-state index is 15.7. The van der Waals surface area contributed by atoms with E-state index in [1.807, 2.05) is 17.0 Å². The number of nitrogens with one attached hydrogen (secondary N) is 2. The Labute approximate surface area is 250 Å². The summed E-state index contributed by atoms with van der Waals surface area (Å²) < 4.78 is 21.2. The molecule has 43 heavy (non-hydrogen) atoms. The van der Waals surface area contributed by atoms with Crippen molar-refractivity contribution in [3.05, 3.63) is 83.5 Å². The number of aryl methyl sites for hydroxylation is 1. The summed E-state index contributed by atoms with van der Waals surface area (Å²) in [6.45, 7) is 8.37. The van der Waals surface area contributed by atoms with Crippen molar-refractivity contribution in [3.63, 3.8) is 0 Å². The van der Waals surface area contributed by atoms with Crippen molar-refractivity contribution >= 4 is 28.9 Å². The van der Waals surface area contributed by atoms with Crippen LogP contribution in [0.25, 0.3) is 0 Å². The second kappa shape index (κ2) is 12.1. The molecule has 2 atom stereocenters. The molecule has 0 bridgehead atoms. The van der Waals surface area contributed by atoms with Crippen molar-refractivity contribution in [1.82, 2.24) is 10.3 Å². The number of nitrogens with zero attached hydrogens (tertiary/aromatic N) is 3. The summed E-state index contributed by atoms with van der Waals surface area (Å²) in [6, 6.07) is 10.8. The Kier molecular flexibility index (Phi) is 8.10. The maximum absolute atomic E-state index is 15.7. The number of para-hydroxylation sites is 1. The molecule has 1 aromatic heterocycles. The lowest BCUT2D eigenvalue weighted by atomic mass is 9.84. The number of aromatic nitrogens is 1. The van der Waals surface area contributed by atoms with Gasteiger partial charge in [0.1, 0.15) is 12.1 Å². The van der Waals surface area contributed by atoms with Crippen LogP contribution in [0.4, 0.5) is 21.5 Å². The first-order chi connectivity index (χ1) is 20.8. The number of anilines is 3. The van der Waals surface area contributed by atoms with Crippen LogP contribution in [0, 0.1) is 18.7 Å². The van der Waals surface area contributed by atoms with Gasteiger partial charge < -0.3 is 30.0 Å². The number of carbonyl (C=O) groups is 2. The molecule has 0 radical (unpaired) electrons. The van der Waals surface area contributed by atoms with Gasteiger partial charge in [-0.05, 0) is 56.7 Å². The minimum Gasteiger partial charge on any atom is -0.513 e. The highest BCUT2D eigenvalue weighted by atomic mass is 19.1. The quantitative estimate of drug-likeness (QED) is 0.280. The largest absolute Gasteiger partial charge is 0.513 e. The Hall–Kier alpha value is -4.34. The average Bonchev–Trinajstić information content (AvgIpc) is 3.74. The van der Waals surface area contributed by atoms with Gasteiger partial charge in [0, 0.05) is 55.8 Å². The van der Waals surface area contributed by atoms with Crippen LogP contribution in [0.2, 0.25) is 0 Å². The molecule has 2 heterocycles. The number of oxazole rings is 1. The molecule has 2 aliphatic carbocycles. The summed E-state index contributed by atoms with van der Waals surface area (Å²) in [7, 11) is 0. The highest BCUT2D eigenvalue weighted by Crippen LogP contribution is 2.39. The van der Waals surface area contributed by atoms with Gasteiger partial charge in [0.25, 0.3) is 11.8 Å². The summed E-state index contributed by atoms with van der Waals surface area (Å²) >= 11 is 0. The third kappa shape index (κ3) is 6.38. The molecule has 10 heteroatoms. The number of carbonyl (C=O) groups excluding carboxylic acids is 2. The molecular formula is C33H38FN5O4. The lowest BCUT2D eigenvalue weighted by Crippen LogP contribution is -2.47. The average molecular weight is 588 g/mol. The van der Waals surface area contributed by atoms with E-state index < -0.39 is 17.6 Å². The fraction of sp³-hybridized carbons (Fsp3) is 0.424. The number of amides is 2. The zero-order valence-electron chi connectivity index (χ0n) is 24.4. The SMILES string of the molecule is C=C(O)[C@H]1CCC[C@@H](NC(=O)c2cc(NC(=O)c3coc(C4CC4)n3)c(N3CCN(c4ccccc4C)CC3)cc2F)C1. The molecule has 9 nitrogen and oxygen atoms in total. The van der Waals surface area contributed by atoms with E-state index in [0.29, 0.717) is 36.8 Å². The molecule has 2 saturated carbocycles. The van der Waals surface area contributed by atoms with Gasteiger partial charge in [0.05, 0.1) is 22.7 Å². The van der Waals surface area contributed by atoms with Gasteiger partial charge in [-0.15, -0.1) is 0 Å². The van der Waals surface area contributed by atoms with E-state index in [9.17, 15) is 14.7 Å². The Morgan fingerprint density at radius 2 is 1.74 bits per heavy atom. The van der Waals surface area contributed by atoms with E-state index in [1.54, 1.807) is 0 Å². The van der Waals surface area contributed by atoms with Crippen molar-refractivity contribution in [3.8, 4) is 0 Å². The Morgan fingerprint density at radius 1 is 1.02 bits per heavy atom. The van der Waals surface area contributed by atoms with Gasteiger partial charge >= 0.3 is 0 Å². The molecule has 3 aliphatic rings. The van der Waals surface area contributed by atoms with Crippen LogP contribution in [-0.2, 0) is 0 Å². The summed E-state index contributed by atoms with van der Waals surface area (Å²) in [5, 5.41) is 15.7. The predicted molar refractivity (Wildman–Crippen MR) is 163 cm³/mol. The zero-order valence-corrected chi connectivity index (χ0v) is 24.4. The molecule has 2 aromatic carbocycles. The molecule has 1 saturated heterocycles. The van der Waals surface area contributed by atoms with Gasteiger partial charge in [-0.2, -0.15) is 0 Å². The zero-order chi connectivity index (χ0) is 30.1. The second-order valence-corrected chi connectivity index (χ2v) is 11.9. The van der Waals surface area contributed by atoms with Crippen LogP contribution in [-0.4, -0.2) is 54.1 Å². The molecular weight excluding hydrogens is 549 g/mol. The molecule has 3 fully saturated rings. The number of benzene rings is 2. The van der Waals surface area contributed by atoms with E-state index in [2.05, 4.69) is 46.2 Å². The van der Waals surface area contributed by atoms with Crippen LogP contribution in [0.5, 0.6) is 0 Å². The summed E-state index contributed by atoms with van der Waals surface area (Å²) in [5.41, 5.74) is 3.19. The normalized spacial score (nSPS) is 20.5. The van der Waals surface area contributed by atoms with Crippen LogP contribution in [0.1, 0.15) is 76.7 Å². The van der Waals surface area contributed by atoms with Crippen molar-refractivity contribution < 1.29 is 23.5 Å². The minimum absolute atomic E-state index is 0.0950.